The lowest BCUT2D eigenvalue weighted by Gasteiger charge is -2.14. The Morgan fingerprint density at radius 2 is 2.05 bits per heavy atom. The molecular weight excluding hydrogens is 254 g/mol. The Hall–Kier alpha value is -2.07. The van der Waals surface area contributed by atoms with Crippen molar-refractivity contribution in [3.05, 3.63) is 53.3 Å². The molecule has 0 aliphatic heterocycles. The van der Waals surface area contributed by atoms with Crippen LogP contribution in [0.3, 0.4) is 0 Å². The Morgan fingerprint density at radius 3 is 2.70 bits per heavy atom. The number of aliphatic hydroxyl groups excluding tert-OH is 1. The number of aliphatic hydroxyl groups is 1. The minimum absolute atomic E-state index is 0.404. The Bertz CT molecular complexity index is 582. The lowest BCUT2D eigenvalue weighted by Crippen LogP contribution is -2.02. The van der Waals surface area contributed by atoms with Crippen molar-refractivity contribution in [1.82, 2.24) is 4.98 Å². The molecule has 2 aromatic rings. The van der Waals surface area contributed by atoms with E-state index in [0.29, 0.717) is 18.1 Å². The molecule has 0 aliphatic carbocycles. The van der Waals surface area contributed by atoms with Gasteiger partial charge in [-0.15, -0.1) is 0 Å². The molecule has 4 nitrogen and oxygen atoms in total. The van der Waals surface area contributed by atoms with E-state index in [9.17, 15) is 5.11 Å². The van der Waals surface area contributed by atoms with Crippen LogP contribution in [-0.2, 0) is 6.61 Å². The second kappa shape index (κ2) is 6.39. The average molecular weight is 273 g/mol. The number of hydrogen-bond donors (Lipinski definition) is 1. The molecular formula is C16H19NO3. The number of benzene rings is 1. The maximum Gasteiger partial charge on any atom is 0.129 e. The van der Waals surface area contributed by atoms with Gasteiger partial charge in [-0.2, -0.15) is 0 Å². The number of methoxy groups -OCH3 is 1. The lowest BCUT2D eigenvalue weighted by atomic mass is 10.1. The highest BCUT2D eigenvalue weighted by atomic mass is 16.5. The molecule has 1 atom stereocenters. The highest BCUT2D eigenvalue weighted by Crippen LogP contribution is 2.30. The molecule has 0 radical (unpaired) electrons. The smallest absolute Gasteiger partial charge is 0.129 e. The summed E-state index contributed by atoms with van der Waals surface area (Å²) >= 11 is 0. The van der Waals surface area contributed by atoms with E-state index >= 15 is 0 Å². The molecule has 4 heteroatoms. The van der Waals surface area contributed by atoms with E-state index in [0.717, 1.165) is 16.7 Å². The first-order valence-electron chi connectivity index (χ1n) is 6.49. The summed E-state index contributed by atoms with van der Waals surface area (Å²) in [5.41, 5.74) is 2.82. The number of hydrogen-bond acceptors (Lipinski definition) is 4. The van der Waals surface area contributed by atoms with Gasteiger partial charge in [-0.05, 0) is 37.6 Å². The summed E-state index contributed by atoms with van der Waals surface area (Å²) in [6, 6.07) is 7.43. The normalized spacial score (nSPS) is 12.0. The van der Waals surface area contributed by atoms with Gasteiger partial charge in [-0.1, -0.05) is 0 Å². The minimum Gasteiger partial charge on any atom is -0.497 e. The highest BCUT2D eigenvalue weighted by molar-refractivity contribution is 5.42. The fourth-order valence-electron chi connectivity index (χ4n) is 1.97. The number of rotatable bonds is 5. The van der Waals surface area contributed by atoms with E-state index in [-0.39, 0.29) is 0 Å². The molecule has 0 bridgehead atoms. The van der Waals surface area contributed by atoms with Gasteiger partial charge in [-0.3, -0.25) is 4.98 Å². The van der Waals surface area contributed by atoms with E-state index in [1.165, 1.54) is 0 Å². The molecule has 0 aliphatic rings. The van der Waals surface area contributed by atoms with Crippen LogP contribution in [0.2, 0.25) is 0 Å². The molecule has 106 valence electrons. The van der Waals surface area contributed by atoms with Crippen LogP contribution in [-0.4, -0.2) is 17.2 Å². The van der Waals surface area contributed by atoms with Crippen molar-refractivity contribution in [2.24, 2.45) is 0 Å². The van der Waals surface area contributed by atoms with Gasteiger partial charge < -0.3 is 14.6 Å². The van der Waals surface area contributed by atoms with E-state index in [4.69, 9.17) is 9.47 Å². The lowest BCUT2D eigenvalue weighted by molar-refractivity contribution is 0.190. The van der Waals surface area contributed by atoms with Gasteiger partial charge in [0.15, 0.2) is 0 Å². The van der Waals surface area contributed by atoms with Crippen LogP contribution in [0.4, 0.5) is 0 Å². The van der Waals surface area contributed by atoms with Crippen molar-refractivity contribution < 1.29 is 14.6 Å². The number of aryl methyl sites for hydroxylation is 1. The Labute approximate surface area is 119 Å². The predicted molar refractivity (Wildman–Crippen MR) is 76.9 cm³/mol. The molecule has 0 amide bonds. The number of ether oxygens (including phenoxy) is 2. The van der Waals surface area contributed by atoms with Gasteiger partial charge in [0, 0.05) is 29.6 Å². The second-order valence-electron chi connectivity index (χ2n) is 4.74. The molecule has 0 spiro atoms. The van der Waals surface area contributed by atoms with E-state index in [1.807, 2.05) is 25.1 Å². The monoisotopic (exact) mass is 273 g/mol. The fraction of sp³-hybridized carbons (Fsp3) is 0.312. The zero-order chi connectivity index (χ0) is 14.5. The third kappa shape index (κ3) is 3.48. The van der Waals surface area contributed by atoms with Crippen LogP contribution in [0.15, 0.2) is 36.7 Å². The molecule has 0 saturated carbocycles. The van der Waals surface area contributed by atoms with Gasteiger partial charge >= 0.3 is 0 Å². The van der Waals surface area contributed by atoms with Crippen molar-refractivity contribution in [3.8, 4) is 11.5 Å². The van der Waals surface area contributed by atoms with Crippen molar-refractivity contribution in [2.75, 3.05) is 7.11 Å². The first-order valence-corrected chi connectivity index (χ1v) is 6.49. The summed E-state index contributed by atoms with van der Waals surface area (Å²) in [6.45, 7) is 4.10. The Kier molecular flexibility index (Phi) is 4.58. The van der Waals surface area contributed by atoms with Crippen molar-refractivity contribution in [3.63, 3.8) is 0 Å². The molecule has 1 N–H and O–H groups in total. The zero-order valence-corrected chi connectivity index (χ0v) is 12.0. The summed E-state index contributed by atoms with van der Waals surface area (Å²) in [4.78, 5) is 4.13. The van der Waals surface area contributed by atoms with Gasteiger partial charge in [0.2, 0.25) is 0 Å². The summed E-state index contributed by atoms with van der Waals surface area (Å²) in [6.07, 6.45) is 2.98. The first-order chi connectivity index (χ1) is 9.60. The van der Waals surface area contributed by atoms with Crippen LogP contribution in [0.25, 0.3) is 0 Å². The number of nitrogens with zero attached hydrogens (tertiary/aromatic N) is 1. The van der Waals surface area contributed by atoms with E-state index < -0.39 is 6.10 Å². The van der Waals surface area contributed by atoms with Crippen LogP contribution >= 0.6 is 0 Å². The topological polar surface area (TPSA) is 51.6 Å². The highest BCUT2D eigenvalue weighted by Gasteiger charge is 2.11. The second-order valence-corrected chi connectivity index (χ2v) is 4.74. The SMILES string of the molecule is COc1ccc([C@@H](C)O)c(OCc2cncc(C)c2)c1. The van der Waals surface area contributed by atoms with E-state index in [1.54, 1.807) is 32.5 Å². The quantitative estimate of drug-likeness (QED) is 0.909. The molecule has 1 aromatic carbocycles. The Morgan fingerprint density at radius 1 is 1.25 bits per heavy atom. The zero-order valence-electron chi connectivity index (χ0n) is 12.0. The first kappa shape index (κ1) is 14.3. The van der Waals surface area contributed by atoms with Crippen molar-refractivity contribution in [1.29, 1.82) is 0 Å². The molecule has 0 unspecified atom stereocenters. The van der Waals surface area contributed by atoms with Crippen LogP contribution in [0.1, 0.15) is 29.7 Å². The van der Waals surface area contributed by atoms with Gasteiger partial charge in [0.05, 0.1) is 13.2 Å². The molecule has 0 saturated heterocycles. The van der Waals surface area contributed by atoms with Gasteiger partial charge in [-0.25, -0.2) is 0 Å². The van der Waals surface area contributed by atoms with Gasteiger partial charge in [0.1, 0.15) is 18.1 Å². The fourth-order valence-corrected chi connectivity index (χ4v) is 1.97. The van der Waals surface area contributed by atoms with Crippen LogP contribution < -0.4 is 9.47 Å². The van der Waals surface area contributed by atoms with E-state index in [2.05, 4.69) is 4.98 Å². The summed E-state index contributed by atoms with van der Waals surface area (Å²) in [5, 5.41) is 9.78. The third-order valence-electron chi connectivity index (χ3n) is 3.00. The maximum atomic E-state index is 9.78. The maximum absolute atomic E-state index is 9.78. The Balaban J connectivity index is 2.19. The summed E-state index contributed by atoms with van der Waals surface area (Å²) in [7, 11) is 1.60. The molecule has 1 aromatic heterocycles. The summed E-state index contributed by atoms with van der Waals surface area (Å²) in [5.74, 6) is 1.33. The summed E-state index contributed by atoms with van der Waals surface area (Å²) < 4.78 is 11.0. The van der Waals surface area contributed by atoms with Crippen molar-refractivity contribution in [2.45, 2.75) is 26.6 Å². The number of pyridine rings is 1. The van der Waals surface area contributed by atoms with Crippen LogP contribution in [0, 0.1) is 6.92 Å². The minimum atomic E-state index is -0.591. The van der Waals surface area contributed by atoms with Gasteiger partial charge in [0.25, 0.3) is 0 Å². The predicted octanol–water partition coefficient (Wildman–Crippen LogP) is 3.03. The third-order valence-corrected chi connectivity index (χ3v) is 3.00. The largest absolute Gasteiger partial charge is 0.497 e. The average Bonchev–Trinajstić information content (AvgIpc) is 2.44. The standard InChI is InChI=1S/C16H19NO3/c1-11-6-13(9-17-8-11)10-20-16-7-14(19-3)4-5-15(16)12(2)18/h4-9,12,18H,10H2,1-3H3/t12-/m1/s1. The molecule has 0 fully saturated rings. The molecule has 20 heavy (non-hydrogen) atoms. The molecule has 1 heterocycles. The molecule has 2 rings (SSSR count). The number of aromatic nitrogens is 1. The van der Waals surface area contributed by atoms with Crippen molar-refractivity contribution >= 4 is 0 Å². The van der Waals surface area contributed by atoms with Crippen LogP contribution in [0.5, 0.6) is 11.5 Å².